The molecule has 1 aromatic rings. The average Bonchev–Trinajstić information content (AvgIpc) is 2.54. The van der Waals surface area contributed by atoms with Crippen molar-refractivity contribution in [3.05, 3.63) is 20.3 Å². The first-order valence-corrected chi connectivity index (χ1v) is 7.32. The molecule has 0 aromatic carbocycles. The van der Waals surface area contributed by atoms with E-state index in [0.29, 0.717) is 14.2 Å². The van der Waals surface area contributed by atoms with Gasteiger partial charge < -0.3 is 15.2 Å². The zero-order valence-electron chi connectivity index (χ0n) is 11.2. The van der Waals surface area contributed by atoms with Gasteiger partial charge in [0, 0.05) is 4.88 Å². The third-order valence-electron chi connectivity index (χ3n) is 2.08. The molecule has 1 unspecified atom stereocenters. The minimum Gasteiger partial charge on any atom is -0.481 e. The van der Waals surface area contributed by atoms with Crippen molar-refractivity contribution < 1.29 is 19.4 Å². The molecular formula is C12H15Cl2NO4S. The van der Waals surface area contributed by atoms with Gasteiger partial charge in [0.05, 0.1) is 17.5 Å². The van der Waals surface area contributed by atoms with Gasteiger partial charge in [-0.2, -0.15) is 0 Å². The number of carboxylic acids is 1. The number of carbonyl (C=O) groups excluding carboxylic acids is 1. The van der Waals surface area contributed by atoms with E-state index in [4.69, 9.17) is 33.0 Å². The normalized spacial score (nSPS) is 12.8. The third-order valence-corrected chi connectivity index (χ3v) is 4.06. The molecule has 112 valence electrons. The first-order valence-electron chi connectivity index (χ1n) is 5.74. The van der Waals surface area contributed by atoms with Crippen LogP contribution in [0.15, 0.2) is 6.07 Å². The Morgan fingerprint density at radius 3 is 2.45 bits per heavy atom. The van der Waals surface area contributed by atoms with E-state index in [2.05, 4.69) is 5.32 Å². The summed E-state index contributed by atoms with van der Waals surface area (Å²) in [5.74, 6) is -1.05. The highest BCUT2D eigenvalue weighted by Gasteiger charge is 2.24. The Bertz CT molecular complexity index is 491. The van der Waals surface area contributed by atoms with E-state index in [1.165, 1.54) is 0 Å². The number of halogens is 2. The Morgan fingerprint density at radius 2 is 2.05 bits per heavy atom. The van der Waals surface area contributed by atoms with Crippen molar-refractivity contribution in [2.24, 2.45) is 0 Å². The molecule has 1 rings (SSSR count). The van der Waals surface area contributed by atoms with Crippen LogP contribution >= 0.6 is 34.5 Å². The number of carboxylic acid groups (broad SMARTS) is 1. The van der Waals surface area contributed by atoms with Gasteiger partial charge in [-0.1, -0.05) is 23.2 Å². The molecule has 0 radical (unpaired) electrons. The number of thiophene rings is 1. The number of nitrogens with one attached hydrogen (secondary N) is 1. The number of amides is 1. The van der Waals surface area contributed by atoms with Crippen LogP contribution in [0.1, 0.15) is 38.1 Å². The number of hydrogen-bond acceptors (Lipinski definition) is 4. The van der Waals surface area contributed by atoms with E-state index in [1.54, 1.807) is 26.8 Å². The molecule has 8 heteroatoms. The van der Waals surface area contributed by atoms with Crippen molar-refractivity contribution >= 4 is 46.6 Å². The van der Waals surface area contributed by atoms with Crippen LogP contribution in [-0.4, -0.2) is 22.8 Å². The van der Waals surface area contributed by atoms with Crippen LogP contribution in [0.4, 0.5) is 4.79 Å². The van der Waals surface area contributed by atoms with Gasteiger partial charge >= 0.3 is 12.1 Å². The second-order valence-electron chi connectivity index (χ2n) is 5.07. The maximum atomic E-state index is 11.7. The summed E-state index contributed by atoms with van der Waals surface area (Å²) in [6.45, 7) is 5.16. The highest BCUT2D eigenvalue weighted by atomic mass is 35.5. The molecule has 1 heterocycles. The Hall–Kier alpha value is -0.980. The summed E-state index contributed by atoms with van der Waals surface area (Å²) in [7, 11) is 0. The summed E-state index contributed by atoms with van der Waals surface area (Å²) in [6, 6.07) is 0.803. The van der Waals surface area contributed by atoms with Crippen LogP contribution < -0.4 is 5.32 Å². The molecule has 1 aromatic heterocycles. The number of carbonyl (C=O) groups is 2. The smallest absolute Gasteiger partial charge is 0.408 e. The minimum absolute atomic E-state index is 0.285. The molecule has 0 spiro atoms. The molecule has 1 atom stereocenters. The standard InChI is InChI=1S/C12H15Cl2NO4S/c1-12(2,3)19-11(18)15-7(5-9(16)17)8-4-6(13)10(14)20-8/h4,7H,5H2,1-3H3,(H,15,18)(H,16,17). The lowest BCUT2D eigenvalue weighted by molar-refractivity contribution is -0.137. The van der Waals surface area contributed by atoms with Gasteiger partial charge in [0.1, 0.15) is 9.94 Å². The topological polar surface area (TPSA) is 75.6 Å². The van der Waals surface area contributed by atoms with Crippen molar-refractivity contribution in [2.45, 2.75) is 38.8 Å². The van der Waals surface area contributed by atoms with E-state index < -0.39 is 23.7 Å². The van der Waals surface area contributed by atoms with Crippen molar-refractivity contribution in [1.82, 2.24) is 5.32 Å². The zero-order chi connectivity index (χ0) is 15.5. The molecule has 0 aliphatic rings. The van der Waals surface area contributed by atoms with Crippen molar-refractivity contribution in [3.63, 3.8) is 0 Å². The first kappa shape index (κ1) is 17.1. The Kier molecular flexibility index (Phi) is 5.68. The van der Waals surface area contributed by atoms with Gasteiger partial charge in [0.15, 0.2) is 0 Å². The fourth-order valence-corrected chi connectivity index (χ4v) is 2.83. The Balaban J connectivity index is 2.85. The van der Waals surface area contributed by atoms with Crippen LogP contribution in [-0.2, 0) is 9.53 Å². The lowest BCUT2D eigenvalue weighted by Gasteiger charge is -2.22. The molecule has 0 saturated heterocycles. The Morgan fingerprint density at radius 1 is 1.45 bits per heavy atom. The van der Waals surface area contributed by atoms with Gasteiger partial charge in [0.2, 0.25) is 0 Å². The molecule has 0 aliphatic heterocycles. The second kappa shape index (κ2) is 6.65. The predicted molar refractivity (Wildman–Crippen MR) is 78.7 cm³/mol. The highest BCUT2D eigenvalue weighted by Crippen LogP contribution is 2.36. The minimum atomic E-state index is -1.05. The molecule has 5 nitrogen and oxygen atoms in total. The number of alkyl carbamates (subject to hydrolysis) is 1. The number of aliphatic carboxylic acids is 1. The molecule has 0 aliphatic carbocycles. The number of hydrogen-bond donors (Lipinski definition) is 2. The van der Waals surface area contributed by atoms with E-state index >= 15 is 0 Å². The summed E-state index contributed by atoms with van der Waals surface area (Å²) in [4.78, 5) is 23.2. The quantitative estimate of drug-likeness (QED) is 0.865. The van der Waals surface area contributed by atoms with Crippen LogP contribution in [0, 0.1) is 0 Å². The molecule has 20 heavy (non-hydrogen) atoms. The molecule has 0 fully saturated rings. The number of rotatable bonds is 4. The van der Waals surface area contributed by atoms with E-state index in [1.807, 2.05) is 0 Å². The molecule has 0 saturated carbocycles. The molecular weight excluding hydrogens is 325 g/mol. The fourth-order valence-electron chi connectivity index (χ4n) is 1.38. The van der Waals surface area contributed by atoms with Gasteiger partial charge in [-0.25, -0.2) is 4.79 Å². The van der Waals surface area contributed by atoms with Gasteiger partial charge in [-0.15, -0.1) is 11.3 Å². The fraction of sp³-hybridized carbons (Fsp3) is 0.500. The summed E-state index contributed by atoms with van der Waals surface area (Å²) >= 11 is 12.8. The maximum absolute atomic E-state index is 11.7. The third kappa shape index (κ3) is 5.56. The largest absolute Gasteiger partial charge is 0.481 e. The summed E-state index contributed by atoms with van der Waals surface area (Å²) < 4.78 is 5.45. The van der Waals surface area contributed by atoms with Gasteiger partial charge in [-0.05, 0) is 26.8 Å². The second-order valence-corrected chi connectivity index (χ2v) is 7.16. The van der Waals surface area contributed by atoms with Crippen molar-refractivity contribution in [2.75, 3.05) is 0 Å². The maximum Gasteiger partial charge on any atom is 0.408 e. The molecule has 0 bridgehead atoms. The van der Waals surface area contributed by atoms with Gasteiger partial charge in [0.25, 0.3) is 0 Å². The van der Waals surface area contributed by atoms with Crippen LogP contribution in [0.3, 0.4) is 0 Å². The predicted octanol–water partition coefficient (Wildman–Crippen LogP) is 4.10. The molecule has 2 N–H and O–H groups in total. The van der Waals surface area contributed by atoms with E-state index in [-0.39, 0.29) is 6.42 Å². The SMILES string of the molecule is CC(C)(C)OC(=O)NC(CC(=O)O)c1cc(Cl)c(Cl)s1. The zero-order valence-corrected chi connectivity index (χ0v) is 13.5. The number of ether oxygens (including phenoxy) is 1. The Labute approximate surface area is 130 Å². The first-order chi connectivity index (χ1) is 9.08. The van der Waals surface area contributed by atoms with Crippen LogP contribution in [0.25, 0.3) is 0 Å². The summed E-state index contributed by atoms with van der Waals surface area (Å²) in [5.41, 5.74) is -0.664. The van der Waals surface area contributed by atoms with Crippen molar-refractivity contribution in [1.29, 1.82) is 0 Å². The monoisotopic (exact) mass is 339 g/mol. The average molecular weight is 340 g/mol. The van der Waals surface area contributed by atoms with E-state index in [0.717, 1.165) is 11.3 Å². The van der Waals surface area contributed by atoms with Crippen LogP contribution in [0.2, 0.25) is 9.36 Å². The van der Waals surface area contributed by atoms with Crippen molar-refractivity contribution in [3.8, 4) is 0 Å². The lowest BCUT2D eigenvalue weighted by Crippen LogP contribution is -2.35. The van der Waals surface area contributed by atoms with Gasteiger partial charge in [-0.3, -0.25) is 4.79 Å². The lowest BCUT2D eigenvalue weighted by atomic mass is 10.1. The van der Waals surface area contributed by atoms with Crippen LogP contribution in [0.5, 0.6) is 0 Å². The van der Waals surface area contributed by atoms with E-state index in [9.17, 15) is 9.59 Å². The highest BCUT2D eigenvalue weighted by molar-refractivity contribution is 7.17. The molecule has 1 amide bonds. The summed E-state index contributed by atoms with van der Waals surface area (Å²) in [6.07, 6.45) is -0.976. The summed E-state index contributed by atoms with van der Waals surface area (Å²) in [5, 5.41) is 11.8.